The molecular formula is C11H12ClN3O3S. The Morgan fingerprint density at radius 3 is 2.74 bits per heavy atom. The van der Waals surface area contributed by atoms with Crippen molar-refractivity contribution in [2.75, 3.05) is 18.0 Å². The zero-order valence-corrected chi connectivity index (χ0v) is 11.5. The average molecular weight is 302 g/mol. The van der Waals surface area contributed by atoms with Gasteiger partial charge in [0, 0.05) is 11.6 Å². The van der Waals surface area contributed by atoms with Crippen LogP contribution in [0.3, 0.4) is 0 Å². The molecule has 19 heavy (non-hydrogen) atoms. The number of nitrogens with two attached hydrogens (primary N) is 1. The molecule has 0 saturated carbocycles. The molecule has 0 saturated heterocycles. The van der Waals surface area contributed by atoms with E-state index in [9.17, 15) is 13.2 Å². The van der Waals surface area contributed by atoms with E-state index in [2.05, 4.69) is 5.32 Å². The van der Waals surface area contributed by atoms with Gasteiger partial charge in [0.15, 0.2) is 9.84 Å². The quantitative estimate of drug-likeness (QED) is 0.614. The Kier molecular flexibility index (Phi) is 5.15. The fraction of sp³-hybridized carbons (Fsp3) is 0.273. The number of nitrogens with one attached hydrogen (secondary N) is 1. The Hall–Kier alpha value is -1.78. The minimum atomic E-state index is -3.82. The van der Waals surface area contributed by atoms with Crippen molar-refractivity contribution in [2.45, 2.75) is 11.3 Å². The molecule has 0 aliphatic heterocycles. The van der Waals surface area contributed by atoms with Crippen molar-refractivity contribution in [1.29, 1.82) is 5.26 Å². The van der Waals surface area contributed by atoms with Gasteiger partial charge in [-0.2, -0.15) is 5.26 Å². The van der Waals surface area contributed by atoms with Crippen LogP contribution in [0.25, 0.3) is 0 Å². The maximum Gasteiger partial charge on any atom is 0.235 e. The van der Waals surface area contributed by atoms with Gasteiger partial charge in [-0.05, 0) is 18.2 Å². The first-order valence-electron chi connectivity index (χ1n) is 5.28. The number of benzene rings is 1. The van der Waals surface area contributed by atoms with Gasteiger partial charge in [0.05, 0.1) is 23.1 Å². The number of amides is 1. The lowest BCUT2D eigenvalue weighted by Crippen LogP contribution is -2.31. The Morgan fingerprint density at radius 1 is 1.47 bits per heavy atom. The number of nitrogens with zero attached hydrogens (tertiary/aromatic N) is 1. The van der Waals surface area contributed by atoms with Crippen LogP contribution in [0.5, 0.6) is 0 Å². The fourth-order valence-electron chi connectivity index (χ4n) is 1.36. The number of sulfone groups is 1. The van der Waals surface area contributed by atoms with Gasteiger partial charge in [-0.3, -0.25) is 4.79 Å². The molecule has 0 atom stereocenters. The van der Waals surface area contributed by atoms with Crippen molar-refractivity contribution in [3.05, 3.63) is 23.2 Å². The molecule has 0 fully saturated rings. The summed E-state index contributed by atoms with van der Waals surface area (Å²) in [5.74, 6) is -1.39. The first-order valence-corrected chi connectivity index (χ1v) is 7.31. The molecule has 0 radical (unpaired) electrons. The summed E-state index contributed by atoms with van der Waals surface area (Å²) in [7, 11) is -3.82. The molecule has 0 aliphatic carbocycles. The van der Waals surface area contributed by atoms with Gasteiger partial charge in [0.2, 0.25) is 5.91 Å². The first-order chi connectivity index (χ1) is 8.86. The highest BCUT2D eigenvalue weighted by molar-refractivity contribution is 7.92. The van der Waals surface area contributed by atoms with Gasteiger partial charge in [-0.1, -0.05) is 11.6 Å². The molecule has 0 heterocycles. The molecule has 0 aromatic heterocycles. The van der Waals surface area contributed by atoms with Gasteiger partial charge in [0.1, 0.15) is 5.75 Å². The summed E-state index contributed by atoms with van der Waals surface area (Å²) in [5.41, 5.74) is 5.56. The summed E-state index contributed by atoms with van der Waals surface area (Å²) in [6, 6.07) is 5.79. The molecule has 0 unspecified atom stereocenters. The van der Waals surface area contributed by atoms with Crippen molar-refractivity contribution >= 4 is 33.0 Å². The fourth-order valence-corrected chi connectivity index (χ4v) is 2.84. The molecule has 1 aromatic carbocycles. The number of hydrogen-bond donors (Lipinski definition) is 2. The maximum atomic E-state index is 12.0. The average Bonchev–Trinajstić information content (AvgIpc) is 2.27. The van der Waals surface area contributed by atoms with E-state index in [0.29, 0.717) is 5.02 Å². The normalized spacial score (nSPS) is 10.7. The number of hydrogen-bond acceptors (Lipinski definition) is 5. The third-order valence-electron chi connectivity index (χ3n) is 2.19. The monoisotopic (exact) mass is 301 g/mol. The smallest absolute Gasteiger partial charge is 0.235 e. The SMILES string of the molecule is N#CCCNC(=O)CS(=O)(=O)c1ccc(Cl)cc1N. The first kappa shape index (κ1) is 15.3. The Labute approximate surface area is 116 Å². The van der Waals surface area contributed by atoms with Gasteiger partial charge >= 0.3 is 0 Å². The summed E-state index contributed by atoms with van der Waals surface area (Å²) in [4.78, 5) is 11.3. The molecule has 102 valence electrons. The second-order valence-electron chi connectivity index (χ2n) is 3.70. The predicted molar refractivity (Wildman–Crippen MR) is 71.2 cm³/mol. The second-order valence-corrected chi connectivity index (χ2v) is 6.09. The molecular weight excluding hydrogens is 290 g/mol. The van der Waals surface area contributed by atoms with E-state index in [-0.39, 0.29) is 23.5 Å². The van der Waals surface area contributed by atoms with E-state index >= 15 is 0 Å². The number of nitrogen functional groups attached to an aromatic ring is 1. The molecule has 3 N–H and O–H groups in total. The van der Waals surface area contributed by atoms with Crippen molar-refractivity contribution in [3.63, 3.8) is 0 Å². The van der Waals surface area contributed by atoms with Crippen LogP contribution in [-0.4, -0.2) is 26.6 Å². The highest BCUT2D eigenvalue weighted by Gasteiger charge is 2.21. The van der Waals surface area contributed by atoms with Crippen LogP contribution in [0.4, 0.5) is 5.69 Å². The third kappa shape index (κ3) is 4.43. The number of halogens is 1. The molecule has 1 rings (SSSR count). The lowest BCUT2D eigenvalue weighted by atomic mass is 10.3. The molecule has 8 heteroatoms. The number of nitriles is 1. The number of anilines is 1. The van der Waals surface area contributed by atoms with Gasteiger partial charge in [0.25, 0.3) is 0 Å². The number of carbonyl (C=O) groups is 1. The Bertz CT molecular complexity index is 623. The van der Waals surface area contributed by atoms with E-state index < -0.39 is 21.5 Å². The molecule has 6 nitrogen and oxygen atoms in total. The highest BCUT2D eigenvalue weighted by atomic mass is 35.5. The minimum Gasteiger partial charge on any atom is -0.398 e. The van der Waals surface area contributed by atoms with Crippen molar-refractivity contribution in [3.8, 4) is 6.07 Å². The van der Waals surface area contributed by atoms with Crippen LogP contribution < -0.4 is 11.1 Å². The summed E-state index contributed by atoms with van der Waals surface area (Å²) < 4.78 is 23.9. The maximum absolute atomic E-state index is 12.0. The molecule has 1 aromatic rings. The largest absolute Gasteiger partial charge is 0.398 e. The predicted octanol–water partition coefficient (Wildman–Crippen LogP) is 0.726. The molecule has 1 amide bonds. The van der Waals surface area contributed by atoms with E-state index in [4.69, 9.17) is 22.6 Å². The number of rotatable bonds is 5. The van der Waals surface area contributed by atoms with Crippen molar-refractivity contribution < 1.29 is 13.2 Å². The lowest BCUT2D eigenvalue weighted by Gasteiger charge is -2.08. The zero-order valence-electron chi connectivity index (χ0n) is 9.89. The van der Waals surface area contributed by atoms with E-state index in [1.807, 2.05) is 6.07 Å². The van der Waals surface area contributed by atoms with Gasteiger partial charge in [-0.25, -0.2) is 8.42 Å². The van der Waals surface area contributed by atoms with Crippen molar-refractivity contribution in [2.24, 2.45) is 0 Å². The topological polar surface area (TPSA) is 113 Å². The summed E-state index contributed by atoms with van der Waals surface area (Å²) in [6.07, 6.45) is 0.120. The van der Waals surface area contributed by atoms with Crippen LogP contribution in [0.1, 0.15) is 6.42 Å². The second kappa shape index (κ2) is 6.41. The Balaban J connectivity index is 2.81. The van der Waals surface area contributed by atoms with E-state index in [1.165, 1.54) is 18.2 Å². The summed E-state index contributed by atoms with van der Waals surface area (Å²) in [5, 5.41) is 11.0. The molecule has 0 bridgehead atoms. The van der Waals surface area contributed by atoms with Gasteiger partial charge < -0.3 is 11.1 Å². The van der Waals surface area contributed by atoms with Crippen LogP contribution >= 0.6 is 11.6 Å². The standard InChI is InChI=1S/C11H12ClN3O3S/c12-8-2-3-10(9(14)6-8)19(17,18)7-11(16)15-5-1-4-13/h2-3,6H,1,5,7,14H2,(H,15,16). The van der Waals surface area contributed by atoms with Crippen LogP contribution in [0, 0.1) is 11.3 Å². The number of carbonyl (C=O) groups excluding carboxylic acids is 1. The van der Waals surface area contributed by atoms with Crippen molar-refractivity contribution in [1.82, 2.24) is 5.32 Å². The highest BCUT2D eigenvalue weighted by Crippen LogP contribution is 2.23. The zero-order chi connectivity index (χ0) is 14.5. The summed E-state index contributed by atoms with van der Waals surface area (Å²) in [6.45, 7) is 0.112. The van der Waals surface area contributed by atoms with Crippen LogP contribution in [0.2, 0.25) is 5.02 Å². The Morgan fingerprint density at radius 2 is 2.16 bits per heavy atom. The van der Waals surface area contributed by atoms with Gasteiger partial charge in [-0.15, -0.1) is 0 Å². The summed E-state index contributed by atoms with van der Waals surface area (Å²) >= 11 is 5.67. The minimum absolute atomic E-state index is 0.00248. The lowest BCUT2D eigenvalue weighted by molar-refractivity contribution is -0.118. The van der Waals surface area contributed by atoms with Crippen LogP contribution in [0.15, 0.2) is 23.1 Å². The van der Waals surface area contributed by atoms with E-state index in [0.717, 1.165) is 0 Å². The van der Waals surface area contributed by atoms with Crippen LogP contribution in [-0.2, 0) is 14.6 Å². The third-order valence-corrected chi connectivity index (χ3v) is 4.11. The molecule has 0 aliphatic rings. The van der Waals surface area contributed by atoms with E-state index in [1.54, 1.807) is 0 Å². The molecule has 0 spiro atoms.